The van der Waals surface area contributed by atoms with E-state index < -0.39 is 0 Å². The van der Waals surface area contributed by atoms with Gasteiger partial charge in [0.05, 0.1) is 5.56 Å². The molecule has 0 bridgehead atoms. The van der Waals surface area contributed by atoms with Crippen LogP contribution in [0.3, 0.4) is 0 Å². The van der Waals surface area contributed by atoms with Crippen molar-refractivity contribution < 1.29 is 0 Å². The molecule has 3 rings (SSSR count). The number of nitrogens with one attached hydrogen (secondary N) is 1. The predicted molar refractivity (Wildman–Crippen MR) is 82.0 cm³/mol. The molecule has 0 aromatic carbocycles. The normalized spacial score (nSPS) is 14.0. The van der Waals surface area contributed by atoms with Gasteiger partial charge < -0.3 is 10.2 Å². The Morgan fingerprint density at radius 3 is 2.76 bits per heavy atom. The number of nitrogens with zero attached hydrogens (tertiary/aromatic N) is 4. The first kappa shape index (κ1) is 13.4. The summed E-state index contributed by atoms with van der Waals surface area (Å²) in [6.07, 6.45) is 6.07. The van der Waals surface area contributed by atoms with Crippen LogP contribution in [0, 0.1) is 11.3 Å². The highest BCUT2D eigenvalue weighted by atomic mass is 15.2. The van der Waals surface area contributed by atoms with Crippen molar-refractivity contribution in [2.45, 2.75) is 19.4 Å². The number of pyridine rings is 2. The lowest BCUT2D eigenvalue weighted by Gasteiger charge is -2.16. The maximum Gasteiger partial charge on any atom is 0.144 e. The largest absolute Gasteiger partial charge is 0.365 e. The summed E-state index contributed by atoms with van der Waals surface area (Å²) in [7, 11) is 0. The van der Waals surface area contributed by atoms with Crippen molar-refractivity contribution in [3.63, 3.8) is 0 Å². The predicted octanol–water partition coefficient (Wildman–Crippen LogP) is 2.56. The molecule has 5 heteroatoms. The fraction of sp³-hybridized carbons (Fsp3) is 0.312. The second kappa shape index (κ2) is 6.23. The summed E-state index contributed by atoms with van der Waals surface area (Å²) in [5, 5.41) is 12.2. The third-order valence-electron chi connectivity index (χ3n) is 3.63. The van der Waals surface area contributed by atoms with Gasteiger partial charge in [-0.05, 0) is 36.6 Å². The summed E-state index contributed by atoms with van der Waals surface area (Å²) >= 11 is 0. The Bertz CT molecular complexity index is 638. The summed E-state index contributed by atoms with van der Waals surface area (Å²) < 4.78 is 0. The van der Waals surface area contributed by atoms with Crippen LogP contribution in [0.5, 0.6) is 0 Å². The minimum absolute atomic E-state index is 0.555. The number of nitriles is 1. The topological polar surface area (TPSA) is 64.8 Å². The molecule has 3 heterocycles. The smallest absolute Gasteiger partial charge is 0.144 e. The second-order valence-corrected chi connectivity index (χ2v) is 5.08. The van der Waals surface area contributed by atoms with Gasteiger partial charge >= 0.3 is 0 Å². The molecule has 1 saturated heterocycles. The van der Waals surface area contributed by atoms with Crippen LogP contribution < -0.4 is 10.2 Å². The molecule has 5 nitrogen and oxygen atoms in total. The van der Waals surface area contributed by atoms with Gasteiger partial charge in [-0.1, -0.05) is 6.07 Å². The van der Waals surface area contributed by atoms with Gasteiger partial charge in [-0.3, -0.25) is 0 Å². The fourth-order valence-corrected chi connectivity index (χ4v) is 2.48. The van der Waals surface area contributed by atoms with Crippen LogP contribution in [-0.2, 0) is 6.54 Å². The van der Waals surface area contributed by atoms with Crippen LogP contribution in [-0.4, -0.2) is 23.1 Å². The molecule has 0 spiro atoms. The highest BCUT2D eigenvalue weighted by molar-refractivity contribution is 5.51. The molecule has 2 aromatic rings. The molecule has 0 atom stereocenters. The van der Waals surface area contributed by atoms with E-state index in [4.69, 9.17) is 5.26 Å². The SMILES string of the molecule is N#Cc1cccnc1NCc1ccc(N2CCCC2)nc1. The third-order valence-corrected chi connectivity index (χ3v) is 3.63. The Morgan fingerprint density at radius 2 is 2.05 bits per heavy atom. The first-order chi connectivity index (χ1) is 10.4. The fourth-order valence-electron chi connectivity index (χ4n) is 2.48. The number of rotatable bonds is 4. The number of hydrogen-bond acceptors (Lipinski definition) is 5. The molecule has 21 heavy (non-hydrogen) atoms. The van der Waals surface area contributed by atoms with Crippen molar-refractivity contribution in [1.82, 2.24) is 9.97 Å². The van der Waals surface area contributed by atoms with E-state index in [1.807, 2.05) is 6.20 Å². The molecule has 2 aromatic heterocycles. The summed E-state index contributed by atoms with van der Waals surface area (Å²) in [6, 6.07) is 9.78. The quantitative estimate of drug-likeness (QED) is 0.931. The van der Waals surface area contributed by atoms with Crippen LogP contribution >= 0.6 is 0 Å². The minimum atomic E-state index is 0.555. The highest BCUT2D eigenvalue weighted by Gasteiger charge is 2.12. The van der Waals surface area contributed by atoms with E-state index in [9.17, 15) is 0 Å². The van der Waals surface area contributed by atoms with Crippen LogP contribution in [0.2, 0.25) is 0 Å². The molecule has 0 unspecified atom stereocenters. The van der Waals surface area contributed by atoms with Crippen LogP contribution in [0.25, 0.3) is 0 Å². The van der Waals surface area contributed by atoms with Gasteiger partial charge in [0.15, 0.2) is 0 Å². The standard InChI is InChI=1S/C16H17N5/c17-10-14-4-3-7-18-16(14)20-12-13-5-6-15(19-11-13)21-8-1-2-9-21/h3-7,11H,1-2,8-9,12H2,(H,18,20). The number of hydrogen-bond donors (Lipinski definition) is 1. The van der Waals surface area contributed by atoms with Gasteiger partial charge in [-0.2, -0.15) is 5.26 Å². The monoisotopic (exact) mass is 279 g/mol. The number of anilines is 2. The molecule has 0 aliphatic carbocycles. The van der Waals surface area contributed by atoms with Gasteiger partial charge in [0, 0.05) is 32.0 Å². The molecule has 1 N–H and O–H groups in total. The Labute approximate surface area is 124 Å². The zero-order valence-electron chi connectivity index (χ0n) is 11.8. The van der Waals surface area contributed by atoms with Crippen LogP contribution in [0.15, 0.2) is 36.7 Å². The molecule has 1 aliphatic heterocycles. The molecular weight excluding hydrogens is 262 g/mol. The number of aromatic nitrogens is 2. The summed E-state index contributed by atoms with van der Waals surface area (Å²) in [4.78, 5) is 11.0. The van der Waals surface area contributed by atoms with Gasteiger partial charge in [0.1, 0.15) is 17.7 Å². The first-order valence-corrected chi connectivity index (χ1v) is 7.16. The van der Waals surface area contributed by atoms with Crippen LogP contribution in [0.1, 0.15) is 24.0 Å². The Morgan fingerprint density at radius 1 is 1.19 bits per heavy atom. The molecule has 0 radical (unpaired) electrons. The summed E-state index contributed by atoms with van der Waals surface area (Å²) in [5.41, 5.74) is 1.63. The Kier molecular flexibility index (Phi) is 3.97. The molecule has 0 amide bonds. The van der Waals surface area contributed by atoms with E-state index in [-0.39, 0.29) is 0 Å². The van der Waals surface area contributed by atoms with Crippen molar-refractivity contribution in [3.05, 3.63) is 47.8 Å². The molecule has 1 fully saturated rings. The van der Waals surface area contributed by atoms with Crippen molar-refractivity contribution in [1.29, 1.82) is 5.26 Å². The Balaban J connectivity index is 1.64. The maximum atomic E-state index is 9.03. The van der Waals surface area contributed by atoms with Gasteiger partial charge in [-0.25, -0.2) is 9.97 Å². The van der Waals surface area contributed by atoms with E-state index in [0.717, 1.165) is 24.5 Å². The lowest BCUT2D eigenvalue weighted by atomic mass is 10.2. The van der Waals surface area contributed by atoms with Crippen molar-refractivity contribution in [2.75, 3.05) is 23.3 Å². The molecule has 0 saturated carbocycles. The molecular formula is C16H17N5. The molecule has 106 valence electrons. The van der Waals surface area contributed by atoms with Crippen molar-refractivity contribution >= 4 is 11.6 Å². The van der Waals surface area contributed by atoms with Crippen molar-refractivity contribution in [2.24, 2.45) is 0 Å². The van der Waals surface area contributed by atoms with E-state index in [0.29, 0.717) is 17.9 Å². The maximum absolute atomic E-state index is 9.03. The lowest BCUT2D eigenvalue weighted by molar-refractivity contribution is 0.931. The van der Waals surface area contributed by atoms with Crippen molar-refractivity contribution in [3.8, 4) is 6.07 Å². The van der Waals surface area contributed by atoms with E-state index in [1.54, 1.807) is 18.3 Å². The van der Waals surface area contributed by atoms with Gasteiger partial charge in [-0.15, -0.1) is 0 Å². The minimum Gasteiger partial charge on any atom is -0.365 e. The van der Waals surface area contributed by atoms with E-state index >= 15 is 0 Å². The van der Waals surface area contributed by atoms with E-state index in [2.05, 4.69) is 38.4 Å². The van der Waals surface area contributed by atoms with Gasteiger partial charge in [0.2, 0.25) is 0 Å². The lowest BCUT2D eigenvalue weighted by Crippen LogP contribution is -2.18. The Hall–Kier alpha value is -2.61. The highest BCUT2D eigenvalue weighted by Crippen LogP contribution is 2.18. The molecule has 1 aliphatic rings. The summed E-state index contributed by atoms with van der Waals surface area (Å²) in [5.74, 6) is 1.66. The second-order valence-electron chi connectivity index (χ2n) is 5.08. The van der Waals surface area contributed by atoms with Crippen LogP contribution in [0.4, 0.5) is 11.6 Å². The average molecular weight is 279 g/mol. The zero-order valence-corrected chi connectivity index (χ0v) is 11.8. The van der Waals surface area contributed by atoms with Gasteiger partial charge in [0.25, 0.3) is 0 Å². The first-order valence-electron chi connectivity index (χ1n) is 7.16. The van der Waals surface area contributed by atoms with E-state index in [1.165, 1.54) is 12.8 Å². The average Bonchev–Trinajstić information content (AvgIpc) is 3.08. The summed E-state index contributed by atoms with van der Waals surface area (Å²) in [6.45, 7) is 2.81. The zero-order chi connectivity index (χ0) is 14.5. The third kappa shape index (κ3) is 3.11.